The van der Waals surface area contributed by atoms with E-state index in [1.807, 2.05) is 0 Å². The molecule has 1 aromatic carbocycles. The van der Waals surface area contributed by atoms with E-state index in [1.54, 1.807) is 0 Å². The van der Waals surface area contributed by atoms with E-state index in [4.69, 9.17) is 10.3 Å². The van der Waals surface area contributed by atoms with Gasteiger partial charge in [-0.1, -0.05) is 6.07 Å². The molecule has 1 amide bonds. The Bertz CT molecular complexity index is 1100. The third-order valence-corrected chi connectivity index (χ3v) is 6.86. The summed E-state index contributed by atoms with van der Waals surface area (Å²) in [6.45, 7) is 0.159. The van der Waals surface area contributed by atoms with Gasteiger partial charge in [0.2, 0.25) is 0 Å². The van der Waals surface area contributed by atoms with Crippen LogP contribution in [-0.2, 0) is 27.8 Å². The summed E-state index contributed by atoms with van der Waals surface area (Å²) in [6, 6.07) is 4.46. The Kier molecular flexibility index (Phi) is 6.56. The summed E-state index contributed by atoms with van der Waals surface area (Å²) in [5.74, 6) is -2.69. The standard InChI is InChI=1S/C18H20F2N2O6S/c1-18(17(25)21-26,29(2,27)28)5-6-22-9-15(20)13(8-16(22)24)11-3-4-14(19)12(7-11)10-23/h3-4,7-9,23,26H,5-6,10H2,1-2H3,(H,21,25). The normalized spacial score (nSPS) is 13.7. The van der Waals surface area contributed by atoms with Gasteiger partial charge in [-0.3, -0.25) is 14.8 Å². The number of hydrogen-bond donors (Lipinski definition) is 3. The first-order valence-electron chi connectivity index (χ1n) is 8.38. The maximum absolute atomic E-state index is 14.6. The first kappa shape index (κ1) is 22.7. The maximum Gasteiger partial charge on any atom is 0.264 e. The van der Waals surface area contributed by atoms with Crippen LogP contribution in [0.2, 0.25) is 0 Å². The third kappa shape index (κ3) is 4.52. The van der Waals surface area contributed by atoms with E-state index in [-0.39, 0.29) is 23.2 Å². The van der Waals surface area contributed by atoms with Crippen molar-refractivity contribution in [1.82, 2.24) is 10.0 Å². The van der Waals surface area contributed by atoms with Crippen LogP contribution >= 0.6 is 0 Å². The highest BCUT2D eigenvalue weighted by molar-refractivity contribution is 7.92. The van der Waals surface area contributed by atoms with Crippen LogP contribution in [0.25, 0.3) is 11.1 Å². The quantitative estimate of drug-likeness (QED) is 0.444. The summed E-state index contributed by atoms with van der Waals surface area (Å²) in [7, 11) is -3.97. The summed E-state index contributed by atoms with van der Waals surface area (Å²) in [5, 5.41) is 18.0. The molecule has 0 aliphatic heterocycles. The molecule has 2 aromatic rings. The van der Waals surface area contributed by atoms with Gasteiger partial charge in [-0.05, 0) is 31.0 Å². The van der Waals surface area contributed by atoms with Crippen LogP contribution in [0.5, 0.6) is 0 Å². The van der Waals surface area contributed by atoms with Gasteiger partial charge >= 0.3 is 0 Å². The predicted molar refractivity (Wildman–Crippen MR) is 99.8 cm³/mol. The number of aliphatic hydroxyl groups excluding tert-OH is 1. The average Bonchev–Trinajstić information content (AvgIpc) is 2.66. The minimum Gasteiger partial charge on any atom is -0.392 e. The third-order valence-electron chi connectivity index (χ3n) is 4.83. The van der Waals surface area contributed by atoms with Gasteiger partial charge in [-0.25, -0.2) is 22.7 Å². The molecule has 11 heteroatoms. The maximum atomic E-state index is 14.6. The zero-order chi connectivity index (χ0) is 22.0. The van der Waals surface area contributed by atoms with Gasteiger partial charge in [-0.15, -0.1) is 0 Å². The SMILES string of the molecule is CC(CCn1cc(F)c(-c2ccc(F)c(CO)c2)cc1=O)(C(=O)NO)S(C)(=O)=O. The Balaban J connectivity index is 2.39. The van der Waals surface area contributed by atoms with Crippen molar-refractivity contribution in [3.05, 3.63) is 58.0 Å². The second kappa shape index (κ2) is 8.39. The molecule has 0 spiro atoms. The van der Waals surface area contributed by atoms with Gasteiger partial charge in [0.15, 0.2) is 14.6 Å². The molecule has 0 saturated heterocycles. The number of hydrogen-bond acceptors (Lipinski definition) is 6. The van der Waals surface area contributed by atoms with Gasteiger partial charge in [0.05, 0.1) is 6.61 Å². The van der Waals surface area contributed by atoms with Gasteiger partial charge in [0.1, 0.15) is 11.6 Å². The lowest BCUT2D eigenvalue weighted by atomic mass is 10.0. The van der Waals surface area contributed by atoms with E-state index in [0.29, 0.717) is 0 Å². The van der Waals surface area contributed by atoms with Crippen molar-refractivity contribution >= 4 is 15.7 Å². The van der Waals surface area contributed by atoms with E-state index >= 15 is 0 Å². The van der Waals surface area contributed by atoms with Gasteiger partial charge in [-0.2, -0.15) is 0 Å². The van der Waals surface area contributed by atoms with Crippen molar-refractivity contribution in [3.63, 3.8) is 0 Å². The molecular formula is C18H20F2N2O6S. The zero-order valence-electron chi connectivity index (χ0n) is 15.6. The fourth-order valence-electron chi connectivity index (χ4n) is 2.72. The van der Waals surface area contributed by atoms with E-state index in [2.05, 4.69) is 0 Å². The number of aliphatic hydroxyl groups is 1. The number of nitrogens with zero attached hydrogens (tertiary/aromatic N) is 1. The lowest BCUT2D eigenvalue weighted by Gasteiger charge is -2.25. The summed E-state index contributed by atoms with van der Waals surface area (Å²) >= 11 is 0. The fourth-order valence-corrected chi connectivity index (χ4v) is 3.57. The number of aromatic nitrogens is 1. The number of nitrogens with one attached hydrogen (secondary N) is 1. The van der Waals surface area contributed by atoms with Crippen LogP contribution in [0.15, 0.2) is 35.3 Å². The van der Waals surface area contributed by atoms with Crippen LogP contribution in [0.1, 0.15) is 18.9 Å². The monoisotopic (exact) mass is 430 g/mol. The minimum absolute atomic E-state index is 0.0648. The van der Waals surface area contributed by atoms with Crippen LogP contribution < -0.4 is 11.0 Å². The van der Waals surface area contributed by atoms with E-state index in [0.717, 1.165) is 36.1 Å². The Labute approximate surface area is 165 Å². The molecule has 0 saturated carbocycles. The molecule has 29 heavy (non-hydrogen) atoms. The number of carbonyl (C=O) groups is 1. The number of pyridine rings is 1. The largest absolute Gasteiger partial charge is 0.392 e. The molecule has 0 fully saturated rings. The second-order valence-corrected chi connectivity index (χ2v) is 9.17. The molecule has 1 atom stereocenters. The number of amides is 1. The van der Waals surface area contributed by atoms with E-state index in [1.165, 1.54) is 17.6 Å². The van der Waals surface area contributed by atoms with Crippen molar-refractivity contribution in [3.8, 4) is 11.1 Å². The van der Waals surface area contributed by atoms with Gasteiger partial charge in [0.25, 0.3) is 11.5 Å². The van der Waals surface area contributed by atoms with Gasteiger partial charge in [0, 0.05) is 36.2 Å². The number of aryl methyl sites for hydroxylation is 1. The van der Waals surface area contributed by atoms with Crippen molar-refractivity contribution in [2.75, 3.05) is 6.26 Å². The van der Waals surface area contributed by atoms with Crippen LogP contribution in [-0.4, -0.2) is 40.2 Å². The van der Waals surface area contributed by atoms with Crippen molar-refractivity contribution in [1.29, 1.82) is 0 Å². The van der Waals surface area contributed by atoms with Crippen LogP contribution in [0, 0.1) is 11.6 Å². The number of sulfone groups is 1. The number of carbonyl (C=O) groups excluding carboxylic acids is 1. The Morgan fingerprint density at radius 3 is 2.45 bits per heavy atom. The summed E-state index contributed by atoms with van der Waals surface area (Å²) in [4.78, 5) is 24.2. The second-order valence-electron chi connectivity index (χ2n) is 6.72. The zero-order valence-corrected chi connectivity index (χ0v) is 16.5. The molecule has 1 heterocycles. The number of benzene rings is 1. The summed E-state index contributed by atoms with van der Waals surface area (Å²) in [5.41, 5.74) is 0.595. The summed E-state index contributed by atoms with van der Waals surface area (Å²) < 4.78 is 50.9. The van der Waals surface area contributed by atoms with E-state index < -0.39 is 50.7 Å². The van der Waals surface area contributed by atoms with Gasteiger partial charge < -0.3 is 9.67 Å². The minimum atomic E-state index is -3.97. The van der Waals surface area contributed by atoms with E-state index in [9.17, 15) is 26.8 Å². The smallest absolute Gasteiger partial charge is 0.264 e. The van der Waals surface area contributed by atoms with Crippen LogP contribution in [0.3, 0.4) is 0 Å². The molecule has 1 aromatic heterocycles. The Morgan fingerprint density at radius 1 is 1.24 bits per heavy atom. The number of rotatable bonds is 7. The first-order chi connectivity index (χ1) is 13.4. The molecule has 0 radical (unpaired) electrons. The topological polar surface area (TPSA) is 126 Å². The molecule has 2 rings (SSSR count). The van der Waals surface area contributed by atoms with Crippen molar-refractivity contribution in [2.45, 2.75) is 31.2 Å². The van der Waals surface area contributed by atoms with Crippen molar-refractivity contribution < 1.29 is 32.3 Å². The molecule has 158 valence electrons. The van der Waals surface area contributed by atoms with Crippen LogP contribution in [0.4, 0.5) is 8.78 Å². The number of halogens is 2. The molecule has 3 N–H and O–H groups in total. The van der Waals surface area contributed by atoms with Crippen molar-refractivity contribution in [2.24, 2.45) is 0 Å². The highest BCUT2D eigenvalue weighted by Crippen LogP contribution is 2.25. The highest BCUT2D eigenvalue weighted by atomic mass is 32.2. The first-order valence-corrected chi connectivity index (χ1v) is 10.3. The molecule has 8 nitrogen and oxygen atoms in total. The number of hydroxylamine groups is 1. The molecule has 0 aliphatic carbocycles. The lowest BCUT2D eigenvalue weighted by molar-refractivity contribution is -0.131. The highest BCUT2D eigenvalue weighted by Gasteiger charge is 2.43. The molecule has 0 aliphatic rings. The molecule has 0 bridgehead atoms. The average molecular weight is 430 g/mol. The Morgan fingerprint density at radius 2 is 1.90 bits per heavy atom. The fraction of sp³-hybridized carbons (Fsp3) is 0.333. The lowest BCUT2D eigenvalue weighted by Crippen LogP contribution is -2.50. The predicted octanol–water partition coefficient (Wildman–Crippen LogP) is 0.985. The Hall–Kier alpha value is -2.63. The molecule has 1 unspecified atom stereocenters. The summed E-state index contributed by atoms with van der Waals surface area (Å²) in [6.07, 6.45) is 1.25. The molecular weight excluding hydrogens is 410 g/mol.